The summed E-state index contributed by atoms with van der Waals surface area (Å²) in [4.78, 5) is 40.8. The zero-order valence-electron chi connectivity index (χ0n) is 17.7. The smallest absolute Gasteiger partial charge is 0.270 e. The second-order valence-electron chi connectivity index (χ2n) is 8.25. The first-order chi connectivity index (χ1) is 15.5. The van der Waals surface area contributed by atoms with Crippen LogP contribution in [0.3, 0.4) is 0 Å². The third-order valence-corrected chi connectivity index (χ3v) is 6.18. The number of benzene rings is 1. The van der Waals surface area contributed by atoms with E-state index in [2.05, 4.69) is 5.32 Å². The van der Waals surface area contributed by atoms with Gasteiger partial charge in [0.15, 0.2) is 0 Å². The van der Waals surface area contributed by atoms with Gasteiger partial charge in [-0.2, -0.15) is 0 Å². The number of halogens is 1. The first kappa shape index (κ1) is 20.2. The first-order valence-electron chi connectivity index (χ1n) is 10.7. The van der Waals surface area contributed by atoms with Gasteiger partial charge in [-0.05, 0) is 66.8 Å². The van der Waals surface area contributed by atoms with Crippen molar-refractivity contribution >= 4 is 11.8 Å². The van der Waals surface area contributed by atoms with Crippen LogP contribution in [-0.2, 0) is 13.0 Å². The van der Waals surface area contributed by atoms with E-state index in [1.165, 1.54) is 35.9 Å². The molecule has 0 bridgehead atoms. The molecule has 0 saturated heterocycles. The van der Waals surface area contributed by atoms with Crippen LogP contribution in [0.25, 0.3) is 5.69 Å². The highest BCUT2D eigenvalue weighted by Crippen LogP contribution is 2.36. The van der Waals surface area contributed by atoms with Crippen molar-refractivity contribution in [2.45, 2.75) is 31.8 Å². The number of carbonyl (C=O) groups is 2. The quantitative estimate of drug-likeness (QED) is 0.686. The molecule has 0 atom stereocenters. The molecule has 0 spiro atoms. The summed E-state index contributed by atoms with van der Waals surface area (Å²) < 4.78 is 16.8. The third-order valence-electron chi connectivity index (χ3n) is 6.18. The number of carbonyl (C=O) groups excluding carboxylic acids is 2. The van der Waals surface area contributed by atoms with Crippen LogP contribution in [0.5, 0.6) is 0 Å². The Morgan fingerprint density at radius 3 is 2.56 bits per heavy atom. The largest absolute Gasteiger partial charge is 0.355 e. The average Bonchev–Trinajstić information content (AvgIpc) is 3.54. The molecule has 2 aliphatic rings. The van der Waals surface area contributed by atoms with Crippen molar-refractivity contribution in [3.63, 3.8) is 0 Å². The van der Waals surface area contributed by atoms with Gasteiger partial charge in [0.2, 0.25) is 0 Å². The molecule has 0 unspecified atom stereocenters. The Morgan fingerprint density at radius 1 is 1.12 bits per heavy atom. The summed E-state index contributed by atoms with van der Waals surface area (Å²) in [5, 5.41) is 2.55. The zero-order chi connectivity index (χ0) is 22.4. The molecule has 0 radical (unpaired) electrons. The number of pyridine rings is 1. The minimum absolute atomic E-state index is 0.0615. The fourth-order valence-corrected chi connectivity index (χ4v) is 4.39. The first-order valence-corrected chi connectivity index (χ1v) is 10.7. The van der Waals surface area contributed by atoms with Gasteiger partial charge in [-0.15, -0.1) is 0 Å². The Morgan fingerprint density at radius 2 is 1.88 bits per heavy atom. The van der Waals surface area contributed by atoms with Crippen molar-refractivity contribution in [2.75, 3.05) is 13.6 Å². The third kappa shape index (κ3) is 3.41. The number of hydrogen-bond acceptors (Lipinski definition) is 3. The van der Waals surface area contributed by atoms with Crippen molar-refractivity contribution in [1.29, 1.82) is 0 Å². The Hall–Kier alpha value is -3.68. The summed E-state index contributed by atoms with van der Waals surface area (Å²) in [6.07, 6.45) is 6.18. The molecular formula is C24H23FN4O3. The topological polar surface area (TPSA) is 76.3 Å². The van der Waals surface area contributed by atoms with Crippen molar-refractivity contribution in [3.05, 3.63) is 87.3 Å². The Balaban J connectivity index is 1.56. The molecule has 7 nitrogen and oxygen atoms in total. The van der Waals surface area contributed by atoms with Crippen LogP contribution in [0.4, 0.5) is 4.39 Å². The summed E-state index contributed by atoms with van der Waals surface area (Å²) >= 11 is 0. The van der Waals surface area contributed by atoms with Gasteiger partial charge in [0, 0.05) is 44.3 Å². The van der Waals surface area contributed by atoms with Gasteiger partial charge >= 0.3 is 0 Å². The van der Waals surface area contributed by atoms with E-state index < -0.39 is 17.3 Å². The maximum absolute atomic E-state index is 13.4. The van der Waals surface area contributed by atoms with E-state index >= 15 is 0 Å². The second kappa shape index (κ2) is 7.78. The molecule has 1 N–H and O–H groups in total. The number of nitrogens with one attached hydrogen (secondary N) is 1. The summed E-state index contributed by atoms with van der Waals surface area (Å²) in [7, 11) is 1.48. The summed E-state index contributed by atoms with van der Waals surface area (Å²) in [6.45, 7) is 0.709. The zero-order valence-corrected chi connectivity index (χ0v) is 17.7. The number of hydrogen-bond donors (Lipinski definition) is 1. The van der Waals surface area contributed by atoms with Crippen LogP contribution in [0.2, 0.25) is 0 Å². The summed E-state index contributed by atoms with van der Waals surface area (Å²) in [5.41, 5.74) is 2.12. The monoisotopic (exact) mass is 434 g/mol. The number of nitrogens with zero attached hydrogens (tertiary/aromatic N) is 3. The van der Waals surface area contributed by atoms with Crippen LogP contribution in [0.15, 0.2) is 53.6 Å². The van der Waals surface area contributed by atoms with Gasteiger partial charge in [-0.25, -0.2) is 4.39 Å². The normalized spacial score (nSPS) is 15.4. The van der Waals surface area contributed by atoms with Crippen LogP contribution >= 0.6 is 0 Å². The molecular weight excluding hydrogens is 411 g/mol. The van der Waals surface area contributed by atoms with Crippen molar-refractivity contribution in [2.24, 2.45) is 0 Å². The van der Waals surface area contributed by atoms with Gasteiger partial charge in [-0.3, -0.25) is 19.0 Å². The van der Waals surface area contributed by atoms with E-state index in [9.17, 15) is 18.8 Å². The fraction of sp³-hybridized carbons (Fsp3) is 0.292. The number of aromatic nitrogens is 2. The molecule has 1 saturated carbocycles. The van der Waals surface area contributed by atoms with Crippen LogP contribution in [0.1, 0.15) is 50.9 Å². The molecule has 3 heterocycles. The SMILES string of the molecule is CNC(=O)c1c2c(cn(-c3ccc(F)cc3)c1=O)CN(C(=O)c1cccn1C1CC1)CC2. The van der Waals surface area contributed by atoms with Gasteiger partial charge < -0.3 is 14.8 Å². The minimum atomic E-state index is -0.468. The molecule has 5 rings (SSSR count). The predicted molar refractivity (Wildman–Crippen MR) is 117 cm³/mol. The van der Waals surface area contributed by atoms with Gasteiger partial charge in [0.1, 0.15) is 17.1 Å². The molecule has 1 fully saturated rings. The van der Waals surface area contributed by atoms with E-state index in [1.54, 1.807) is 11.1 Å². The van der Waals surface area contributed by atoms with Crippen LogP contribution in [0, 0.1) is 5.82 Å². The fourth-order valence-electron chi connectivity index (χ4n) is 4.39. The number of amides is 2. The average molecular weight is 434 g/mol. The molecule has 1 aromatic carbocycles. The van der Waals surface area contributed by atoms with Gasteiger partial charge in [0.05, 0.1) is 0 Å². The highest BCUT2D eigenvalue weighted by atomic mass is 19.1. The van der Waals surface area contributed by atoms with Crippen LogP contribution in [-0.4, -0.2) is 39.4 Å². The number of rotatable bonds is 4. The molecule has 164 valence electrons. The highest BCUT2D eigenvalue weighted by Gasteiger charge is 2.32. The lowest BCUT2D eigenvalue weighted by atomic mass is 9.95. The Labute approximate surface area is 184 Å². The summed E-state index contributed by atoms with van der Waals surface area (Å²) in [5.74, 6) is -0.944. The van der Waals surface area contributed by atoms with Crippen molar-refractivity contribution < 1.29 is 14.0 Å². The summed E-state index contributed by atoms with van der Waals surface area (Å²) in [6, 6.07) is 9.64. The van der Waals surface area contributed by atoms with E-state index in [1.807, 2.05) is 22.9 Å². The van der Waals surface area contributed by atoms with E-state index in [4.69, 9.17) is 0 Å². The molecule has 3 aromatic rings. The lowest BCUT2D eigenvalue weighted by molar-refractivity contribution is 0.0723. The maximum atomic E-state index is 13.4. The second-order valence-corrected chi connectivity index (χ2v) is 8.25. The van der Waals surface area contributed by atoms with Gasteiger partial charge in [-0.1, -0.05) is 0 Å². The molecule has 8 heteroatoms. The lowest BCUT2D eigenvalue weighted by Gasteiger charge is -2.30. The van der Waals surface area contributed by atoms with Crippen LogP contribution < -0.4 is 10.9 Å². The standard InChI is InChI=1S/C24H23FN4O3/c1-26-22(30)21-19-10-12-27(23(31)20-3-2-11-28(20)17-8-9-17)13-15(19)14-29(24(21)32)18-6-4-16(25)5-7-18/h2-7,11,14,17H,8-10,12-13H2,1H3,(H,26,30). The lowest BCUT2D eigenvalue weighted by Crippen LogP contribution is -2.41. The van der Waals surface area contributed by atoms with Crippen molar-refractivity contribution in [1.82, 2.24) is 19.4 Å². The Bertz CT molecular complexity index is 1270. The minimum Gasteiger partial charge on any atom is -0.355 e. The predicted octanol–water partition coefficient (Wildman–Crippen LogP) is 2.67. The van der Waals surface area contributed by atoms with Crippen molar-refractivity contribution in [3.8, 4) is 5.69 Å². The Kier molecular flexibility index (Phi) is 4.92. The van der Waals surface area contributed by atoms with E-state index in [0.29, 0.717) is 36.0 Å². The maximum Gasteiger partial charge on any atom is 0.270 e. The molecule has 2 aromatic heterocycles. The molecule has 2 amide bonds. The van der Waals surface area contributed by atoms with E-state index in [0.717, 1.165) is 18.4 Å². The number of fused-ring (bicyclic) bond motifs is 1. The van der Waals surface area contributed by atoms with Gasteiger partial charge in [0.25, 0.3) is 17.4 Å². The molecule has 32 heavy (non-hydrogen) atoms. The highest BCUT2D eigenvalue weighted by molar-refractivity contribution is 5.96. The molecule has 1 aliphatic heterocycles. The van der Waals surface area contributed by atoms with E-state index in [-0.39, 0.29) is 18.0 Å². The molecule has 1 aliphatic carbocycles.